The molecule has 0 N–H and O–H groups in total. The summed E-state index contributed by atoms with van der Waals surface area (Å²) in [5, 5.41) is 0.956. The second-order valence-electron chi connectivity index (χ2n) is 2.95. The zero-order valence-corrected chi connectivity index (χ0v) is 10.3. The van der Waals surface area contributed by atoms with Crippen molar-refractivity contribution in [1.82, 2.24) is 0 Å². The van der Waals surface area contributed by atoms with Crippen molar-refractivity contribution in [3.8, 4) is 0 Å². The average molecular weight is 231 g/mol. The first-order chi connectivity index (χ1) is 6.73. The van der Waals surface area contributed by atoms with Gasteiger partial charge in [0.05, 0.1) is 0 Å². The topological polar surface area (TPSA) is 18.5 Å². The van der Waals surface area contributed by atoms with Gasteiger partial charge >= 0.3 is 7.87 Å². The summed E-state index contributed by atoms with van der Waals surface area (Å²) >= 11 is 6.32. The van der Waals surface area contributed by atoms with Crippen molar-refractivity contribution in [1.29, 1.82) is 0 Å². The smallest absolute Gasteiger partial charge is 0.383 e. The fraction of sp³-hybridized carbons (Fsp3) is 0.400. The Labute approximate surface area is 90.8 Å². The quantitative estimate of drug-likeness (QED) is 0.570. The van der Waals surface area contributed by atoms with E-state index in [9.17, 15) is 0 Å². The van der Waals surface area contributed by atoms with Crippen LogP contribution < -0.4 is 5.19 Å². The molecule has 4 heteroatoms. The summed E-state index contributed by atoms with van der Waals surface area (Å²) in [7, 11) is -1.05. The molecule has 0 heterocycles. The lowest BCUT2D eigenvalue weighted by molar-refractivity contribution is 0.231. The zero-order chi connectivity index (χ0) is 10.4. The molecule has 1 aromatic rings. The van der Waals surface area contributed by atoms with Crippen LogP contribution in [-0.4, -0.2) is 21.6 Å². The van der Waals surface area contributed by atoms with Crippen LogP contribution in [0.4, 0.5) is 0 Å². The normalized spacial score (nSPS) is 15.1. The van der Waals surface area contributed by atoms with Crippen molar-refractivity contribution in [2.24, 2.45) is 0 Å². The van der Waals surface area contributed by atoms with E-state index in [4.69, 9.17) is 19.9 Å². The lowest BCUT2D eigenvalue weighted by atomic mass is 10.4. The van der Waals surface area contributed by atoms with Gasteiger partial charge in [-0.05, 0) is 6.42 Å². The Bertz CT molecular complexity index is 268. The van der Waals surface area contributed by atoms with Crippen LogP contribution in [0.3, 0.4) is 0 Å². The third-order valence-corrected chi connectivity index (χ3v) is 5.44. The van der Waals surface area contributed by atoms with Crippen LogP contribution in [0.5, 0.6) is 0 Å². The summed E-state index contributed by atoms with van der Waals surface area (Å²) < 4.78 is 10.9. The van der Waals surface area contributed by atoms with Gasteiger partial charge in [0.15, 0.2) is 0 Å². The number of rotatable bonds is 5. The molecule has 1 aromatic carbocycles. The van der Waals surface area contributed by atoms with E-state index in [0.717, 1.165) is 11.6 Å². The highest BCUT2D eigenvalue weighted by molar-refractivity contribution is 7.20. The molecule has 0 aliphatic heterocycles. The molecule has 0 bridgehead atoms. The van der Waals surface area contributed by atoms with Crippen LogP contribution in [0.15, 0.2) is 30.3 Å². The summed E-state index contributed by atoms with van der Waals surface area (Å²) in [6, 6.07) is 9.71. The maximum Gasteiger partial charge on any atom is 0.478 e. The Hall–Kier alpha value is -0.353. The molecule has 1 unspecified atom stereocenters. The van der Waals surface area contributed by atoms with E-state index >= 15 is 0 Å². The highest BCUT2D eigenvalue weighted by atomic mass is 35.6. The molecular formula is C10H15ClO2Si. The molecule has 0 radical (unpaired) electrons. The third-order valence-electron chi connectivity index (χ3n) is 1.87. The molecule has 0 aliphatic carbocycles. The monoisotopic (exact) mass is 230 g/mol. The minimum Gasteiger partial charge on any atom is -0.383 e. The van der Waals surface area contributed by atoms with E-state index in [-0.39, 0.29) is 0 Å². The highest BCUT2D eigenvalue weighted by Gasteiger charge is 2.37. The molecule has 0 saturated carbocycles. The second-order valence-corrected chi connectivity index (χ2v) is 6.79. The van der Waals surface area contributed by atoms with Crippen molar-refractivity contribution in [3.05, 3.63) is 30.3 Å². The van der Waals surface area contributed by atoms with Crippen molar-refractivity contribution in [3.63, 3.8) is 0 Å². The predicted molar refractivity (Wildman–Crippen MR) is 60.9 cm³/mol. The van der Waals surface area contributed by atoms with E-state index in [0.29, 0.717) is 6.61 Å². The first-order valence-corrected chi connectivity index (χ1v) is 7.49. The Balaban J connectivity index is 2.79. The summed E-state index contributed by atoms with van der Waals surface area (Å²) in [4.78, 5) is 0. The molecule has 2 nitrogen and oxygen atoms in total. The Kier molecular flexibility index (Phi) is 4.61. The summed E-state index contributed by atoms with van der Waals surface area (Å²) in [6.07, 6.45) is 0.942. The van der Waals surface area contributed by atoms with Gasteiger partial charge in [-0.2, -0.15) is 0 Å². The lowest BCUT2D eigenvalue weighted by Gasteiger charge is -2.21. The predicted octanol–water partition coefficient (Wildman–Crippen LogP) is 2.14. The van der Waals surface area contributed by atoms with Gasteiger partial charge < -0.3 is 8.85 Å². The molecule has 0 saturated heterocycles. The maximum absolute atomic E-state index is 6.32. The Morgan fingerprint density at radius 1 is 1.29 bits per heavy atom. The van der Waals surface area contributed by atoms with Crippen LogP contribution in [-0.2, 0) is 8.85 Å². The van der Waals surface area contributed by atoms with Crippen molar-refractivity contribution in [2.75, 3.05) is 13.7 Å². The van der Waals surface area contributed by atoms with Gasteiger partial charge in [-0.3, -0.25) is 0 Å². The summed E-state index contributed by atoms with van der Waals surface area (Å²) in [5.41, 5.74) is 0. The Morgan fingerprint density at radius 2 is 1.93 bits per heavy atom. The van der Waals surface area contributed by atoms with E-state index in [2.05, 4.69) is 0 Å². The first-order valence-electron chi connectivity index (χ1n) is 4.66. The standard InChI is InChI=1S/C10H15ClO2Si/c1-3-9-13-14(11,12-2)10-7-5-4-6-8-10/h4-8H,3,9H2,1-2H3. The van der Waals surface area contributed by atoms with E-state index < -0.39 is 7.87 Å². The number of halogens is 1. The van der Waals surface area contributed by atoms with E-state index in [1.807, 2.05) is 37.3 Å². The number of benzene rings is 1. The number of hydrogen-bond donors (Lipinski definition) is 0. The molecule has 0 aliphatic rings. The Morgan fingerprint density at radius 3 is 2.43 bits per heavy atom. The minimum atomic E-state index is -2.65. The van der Waals surface area contributed by atoms with Gasteiger partial charge in [0.25, 0.3) is 0 Å². The second kappa shape index (κ2) is 5.51. The van der Waals surface area contributed by atoms with Crippen LogP contribution in [0, 0.1) is 0 Å². The van der Waals surface area contributed by atoms with Crippen molar-refractivity contribution in [2.45, 2.75) is 13.3 Å². The molecule has 1 rings (SSSR count). The average Bonchev–Trinajstić information content (AvgIpc) is 2.27. The molecule has 14 heavy (non-hydrogen) atoms. The van der Waals surface area contributed by atoms with Gasteiger partial charge in [0.1, 0.15) is 0 Å². The highest BCUT2D eigenvalue weighted by Crippen LogP contribution is 2.12. The van der Waals surface area contributed by atoms with Crippen molar-refractivity contribution >= 4 is 24.1 Å². The first kappa shape index (κ1) is 11.7. The molecule has 0 spiro atoms. The lowest BCUT2D eigenvalue weighted by Crippen LogP contribution is -2.48. The molecular weight excluding hydrogens is 216 g/mol. The zero-order valence-electron chi connectivity index (χ0n) is 8.50. The molecule has 0 amide bonds. The molecule has 78 valence electrons. The van der Waals surface area contributed by atoms with Crippen LogP contribution >= 0.6 is 11.1 Å². The molecule has 1 atom stereocenters. The van der Waals surface area contributed by atoms with E-state index in [1.165, 1.54) is 0 Å². The third kappa shape index (κ3) is 2.82. The van der Waals surface area contributed by atoms with Crippen LogP contribution in [0.2, 0.25) is 0 Å². The van der Waals surface area contributed by atoms with Gasteiger partial charge in [-0.1, -0.05) is 48.3 Å². The van der Waals surface area contributed by atoms with Gasteiger partial charge in [0.2, 0.25) is 0 Å². The summed E-state index contributed by atoms with van der Waals surface area (Å²) in [6.45, 7) is 2.69. The summed E-state index contributed by atoms with van der Waals surface area (Å²) in [5.74, 6) is 0. The van der Waals surface area contributed by atoms with E-state index in [1.54, 1.807) is 7.11 Å². The molecule has 0 fully saturated rings. The fourth-order valence-corrected chi connectivity index (χ4v) is 3.32. The number of hydrogen-bond acceptors (Lipinski definition) is 2. The van der Waals surface area contributed by atoms with Gasteiger partial charge in [-0.15, -0.1) is 0 Å². The van der Waals surface area contributed by atoms with Gasteiger partial charge in [-0.25, -0.2) is 0 Å². The van der Waals surface area contributed by atoms with Gasteiger partial charge in [0, 0.05) is 18.9 Å². The van der Waals surface area contributed by atoms with Crippen LogP contribution in [0.25, 0.3) is 0 Å². The minimum absolute atomic E-state index is 0.637. The maximum atomic E-state index is 6.32. The SMILES string of the molecule is CCCO[Si](Cl)(OC)c1ccccc1. The molecule has 0 aromatic heterocycles. The van der Waals surface area contributed by atoms with Crippen LogP contribution in [0.1, 0.15) is 13.3 Å². The fourth-order valence-electron chi connectivity index (χ4n) is 1.13. The largest absolute Gasteiger partial charge is 0.478 e. The van der Waals surface area contributed by atoms with Crippen molar-refractivity contribution < 1.29 is 8.85 Å².